The molecule has 7 nitrogen and oxygen atoms in total. The molecule has 0 aromatic heterocycles. The van der Waals surface area contributed by atoms with E-state index in [9.17, 15) is 4.79 Å². The van der Waals surface area contributed by atoms with E-state index in [1.165, 1.54) is 12.8 Å². The zero-order chi connectivity index (χ0) is 22.1. The standard InChI is InChI=1S/C22H44N4O3.HI/c1-9-23-19(24-16-22(11-12-22)13-15-28-8)26(7)14-10-18(17(2)3)25-20(27)29-21(4,5)6;/h17-18H,9-16H2,1-8H3,(H,23,24)(H,25,27);1H. The van der Waals surface area contributed by atoms with Crippen LogP contribution in [0, 0.1) is 11.3 Å². The monoisotopic (exact) mass is 540 g/mol. The van der Waals surface area contributed by atoms with Crippen molar-refractivity contribution < 1.29 is 14.3 Å². The molecule has 30 heavy (non-hydrogen) atoms. The number of methoxy groups -OCH3 is 1. The van der Waals surface area contributed by atoms with Gasteiger partial charge in [0.15, 0.2) is 5.96 Å². The van der Waals surface area contributed by atoms with Gasteiger partial charge in [0.05, 0.1) is 0 Å². The lowest BCUT2D eigenvalue weighted by Crippen LogP contribution is -2.45. The first-order valence-electron chi connectivity index (χ1n) is 11.0. The van der Waals surface area contributed by atoms with Gasteiger partial charge in [0, 0.05) is 46.4 Å². The summed E-state index contributed by atoms with van der Waals surface area (Å²) in [6.07, 6.45) is 4.02. The number of nitrogens with one attached hydrogen (secondary N) is 2. The number of halogens is 1. The van der Waals surface area contributed by atoms with Crippen molar-refractivity contribution in [2.75, 3.05) is 40.4 Å². The summed E-state index contributed by atoms with van der Waals surface area (Å²) >= 11 is 0. The second-order valence-electron chi connectivity index (χ2n) is 9.62. The first-order valence-corrected chi connectivity index (χ1v) is 11.0. The maximum Gasteiger partial charge on any atom is 0.407 e. The molecule has 2 N–H and O–H groups in total. The molecule has 8 heteroatoms. The maximum atomic E-state index is 12.2. The molecule has 1 aliphatic carbocycles. The van der Waals surface area contributed by atoms with Crippen molar-refractivity contribution in [2.24, 2.45) is 16.3 Å². The number of ether oxygens (including phenoxy) is 2. The van der Waals surface area contributed by atoms with Crippen LogP contribution in [0.25, 0.3) is 0 Å². The fourth-order valence-electron chi connectivity index (χ4n) is 3.16. The molecule has 1 saturated carbocycles. The van der Waals surface area contributed by atoms with Gasteiger partial charge in [-0.05, 0) is 64.7 Å². The Bertz CT molecular complexity index is 531. The Hall–Kier alpha value is -0.770. The summed E-state index contributed by atoms with van der Waals surface area (Å²) < 4.78 is 10.7. The number of rotatable bonds is 11. The van der Waals surface area contributed by atoms with E-state index < -0.39 is 5.60 Å². The summed E-state index contributed by atoms with van der Waals surface area (Å²) in [5.41, 5.74) is -0.162. The molecule has 0 radical (unpaired) electrons. The van der Waals surface area contributed by atoms with E-state index in [-0.39, 0.29) is 36.1 Å². The molecule has 1 atom stereocenters. The Morgan fingerprint density at radius 1 is 1.27 bits per heavy atom. The summed E-state index contributed by atoms with van der Waals surface area (Å²) in [5.74, 6) is 1.25. The first kappa shape index (κ1) is 29.2. The molecular weight excluding hydrogens is 495 g/mol. The number of hydrogen-bond donors (Lipinski definition) is 2. The Labute approximate surface area is 201 Å². The van der Waals surface area contributed by atoms with E-state index in [0.717, 1.165) is 45.0 Å². The van der Waals surface area contributed by atoms with Crippen LogP contribution < -0.4 is 10.6 Å². The van der Waals surface area contributed by atoms with Crippen LogP contribution in [0.2, 0.25) is 0 Å². The van der Waals surface area contributed by atoms with Crippen LogP contribution in [0.3, 0.4) is 0 Å². The minimum Gasteiger partial charge on any atom is -0.444 e. The zero-order valence-corrected chi connectivity index (χ0v) is 22.7. The number of aliphatic imine (C=N–C) groups is 1. The van der Waals surface area contributed by atoms with Gasteiger partial charge in [-0.2, -0.15) is 0 Å². The largest absolute Gasteiger partial charge is 0.444 e. The second-order valence-corrected chi connectivity index (χ2v) is 9.62. The van der Waals surface area contributed by atoms with Crippen LogP contribution in [-0.4, -0.2) is 69.0 Å². The molecule has 1 rings (SSSR count). The van der Waals surface area contributed by atoms with Gasteiger partial charge in [-0.1, -0.05) is 13.8 Å². The molecule has 0 bridgehead atoms. The summed E-state index contributed by atoms with van der Waals surface area (Å²) in [4.78, 5) is 19.2. The average Bonchev–Trinajstić information content (AvgIpc) is 3.38. The first-order chi connectivity index (χ1) is 13.5. The van der Waals surface area contributed by atoms with Crippen LogP contribution in [0.1, 0.15) is 67.2 Å². The van der Waals surface area contributed by atoms with Crippen molar-refractivity contribution in [3.8, 4) is 0 Å². The van der Waals surface area contributed by atoms with Crippen molar-refractivity contribution in [1.29, 1.82) is 0 Å². The van der Waals surface area contributed by atoms with Gasteiger partial charge >= 0.3 is 6.09 Å². The van der Waals surface area contributed by atoms with Gasteiger partial charge in [0.2, 0.25) is 0 Å². The highest BCUT2D eigenvalue weighted by Gasteiger charge is 2.41. The third-order valence-electron chi connectivity index (χ3n) is 5.34. The highest BCUT2D eigenvalue weighted by atomic mass is 127. The Balaban J connectivity index is 0.00000841. The molecule has 0 aromatic carbocycles. The van der Waals surface area contributed by atoms with E-state index in [0.29, 0.717) is 11.3 Å². The Morgan fingerprint density at radius 2 is 1.90 bits per heavy atom. The third-order valence-corrected chi connectivity index (χ3v) is 5.34. The van der Waals surface area contributed by atoms with Gasteiger partial charge in [-0.3, -0.25) is 4.99 Å². The number of hydrogen-bond acceptors (Lipinski definition) is 4. The topological polar surface area (TPSA) is 75.2 Å². The summed E-state index contributed by atoms with van der Waals surface area (Å²) in [6.45, 7) is 15.2. The summed E-state index contributed by atoms with van der Waals surface area (Å²) in [5, 5.41) is 6.42. The zero-order valence-electron chi connectivity index (χ0n) is 20.3. The lowest BCUT2D eigenvalue weighted by Gasteiger charge is -2.28. The van der Waals surface area contributed by atoms with Crippen molar-refractivity contribution in [3.05, 3.63) is 0 Å². The van der Waals surface area contributed by atoms with E-state index in [1.807, 2.05) is 20.8 Å². The highest BCUT2D eigenvalue weighted by Crippen LogP contribution is 2.49. The van der Waals surface area contributed by atoms with Gasteiger partial charge in [-0.25, -0.2) is 4.79 Å². The lowest BCUT2D eigenvalue weighted by atomic mass is 10.0. The maximum absolute atomic E-state index is 12.2. The van der Waals surface area contributed by atoms with E-state index in [4.69, 9.17) is 14.5 Å². The predicted molar refractivity (Wildman–Crippen MR) is 135 cm³/mol. The molecule has 1 unspecified atom stereocenters. The quantitative estimate of drug-likeness (QED) is 0.233. The third kappa shape index (κ3) is 11.6. The van der Waals surface area contributed by atoms with Gasteiger partial charge < -0.3 is 25.0 Å². The van der Waals surface area contributed by atoms with E-state index in [2.05, 4.69) is 43.4 Å². The number of amides is 1. The van der Waals surface area contributed by atoms with E-state index >= 15 is 0 Å². The number of carbonyl (C=O) groups excluding carboxylic acids is 1. The van der Waals surface area contributed by atoms with Crippen LogP contribution in [0.5, 0.6) is 0 Å². The molecule has 0 aromatic rings. The van der Waals surface area contributed by atoms with Crippen LogP contribution in [0.4, 0.5) is 4.79 Å². The molecule has 1 amide bonds. The normalized spacial score (nSPS) is 16.5. The molecule has 0 heterocycles. The SMILES string of the molecule is CCNC(=NCC1(CCOC)CC1)N(C)CCC(NC(=O)OC(C)(C)C)C(C)C.I. The highest BCUT2D eigenvalue weighted by molar-refractivity contribution is 14.0. The van der Waals surface area contributed by atoms with Gasteiger partial charge in [0.1, 0.15) is 5.60 Å². The Kier molecular flexibility index (Phi) is 13.3. The number of guanidine groups is 1. The van der Waals surface area contributed by atoms with Crippen molar-refractivity contribution >= 4 is 36.0 Å². The summed E-state index contributed by atoms with van der Waals surface area (Å²) in [7, 11) is 3.81. The Morgan fingerprint density at radius 3 is 2.37 bits per heavy atom. The summed E-state index contributed by atoms with van der Waals surface area (Å²) in [6, 6.07) is 0.0478. The molecular formula is C22H45IN4O3. The molecule has 0 saturated heterocycles. The fraction of sp³-hybridized carbons (Fsp3) is 0.909. The minimum absolute atomic E-state index is 0. The number of carbonyl (C=O) groups is 1. The number of alkyl carbamates (subject to hydrolysis) is 1. The number of nitrogens with zero attached hydrogens (tertiary/aromatic N) is 2. The minimum atomic E-state index is -0.491. The van der Waals surface area contributed by atoms with Gasteiger partial charge in [-0.15, -0.1) is 24.0 Å². The smallest absolute Gasteiger partial charge is 0.407 e. The molecule has 1 fully saturated rings. The van der Waals surface area contributed by atoms with Crippen molar-refractivity contribution in [3.63, 3.8) is 0 Å². The lowest BCUT2D eigenvalue weighted by molar-refractivity contribution is 0.0486. The molecule has 0 aliphatic heterocycles. The predicted octanol–water partition coefficient (Wildman–Crippen LogP) is 4.26. The average molecular weight is 541 g/mol. The van der Waals surface area contributed by atoms with Crippen molar-refractivity contribution in [2.45, 2.75) is 78.9 Å². The molecule has 0 spiro atoms. The van der Waals surface area contributed by atoms with Crippen molar-refractivity contribution in [1.82, 2.24) is 15.5 Å². The van der Waals surface area contributed by atoms with Crippen LogP contribution >= 0.6 is 24.0 Å². The molecule has 178 valence electrons. The van der Waals surface area contributed by atoms with Gasteiger partial charge in [0.25, 0.3) is 0 Å². The molecule has 1 aliphatic rings. The fourth-order valence-corrected chi connectivity index (χ4v) is 3.16. The van der Waals surface area contributed by atoms with Crippen LogP contribution in [-0.2, 0) is 9.47 Å². The second kappa shape index (κ2) is 13.6. The van der Waals surface area contributed by atoms with E-state index in [1.54, 1.807) is 7.11 Å². The van der Waals surface area contributed by atoms with Crippen LogP contribution in [0.15, 0.2) is 4.99 Å².